The number of nitrogens with zero attached hydrogens (tertiary/aromatic N) is 2. The predicted octanol–water partition coefficient (Wildman–Crippen LogP) is 2.41. The molecule has 21 heavy (non-hydrogen) atoms. The van der Waals surface area contributed by atoms with E-state index in [0.717, 1.165) is 18.2 Å². The van der Waals surface area contributed by atoms with Gasteiger partial charge in [0.2, 0.25) is 0 Å². The fourth-order valence-electron chi connectivity index (χ4n) is 1.60. The molecule has 8 heteroatoms. The molecule has 2 aromatic rings. The lowest BCUT2D eigenvalue weighted by molar-refractivity contribution is -0.386. The van der Waals surface area contributed by atoms with Gasteiger partial charge < -0.3 is 9.84 Å². The lowest BCUT2D eigenvalue weighted by Crippen LogP contribution is -2.04. The Hall–Kier alpha value is -3.03. The Morgan fingerprint density at radius 1 is 1.38 bits per heavy atom. The minimum absolute atomic E-state index is 0.146. The maximum Gasteiger partial charge on any atom is 0.354 e. The average Bonchev–Trinajstić information content (AvgIpc) is 2.45. The molecule has 1 aromatic carbocycles. The van der Waals surface area contributed by atoms with Crippen LogP contribution in [0.4, 0.5) is 10.1 Å². The summed E-state index contributed by atoms with van der Waals surface area (Å²) in [5.74, 6) is -2.10. The quantitative estimate of drug-likeness (QED) is 0.670. The molecule has 0 atom stereocenters. The van der Waals surface area contributed by atoms with Gasteiger partial charge in [0.05, 0.1) is 4.92 Å². The first-order valence-electron chi connectivity index (χ1n) is 5.72. The second-order valence-electron chi connectivity index (χ2n) is 4.01. The number of nitro benzene ring substituents is 1. The number of aromatic nitrogens is 1. The summed E-state index contributed by atoms with van der Waals surface area (Å²) in [5.41, 5.74) is -0.102. The van der Waals surface area contributed by atoms with Gasteiger partial charge in [0.1, 0.15) is 18.1 Å². The van der Waals surface area contributed by atoms with Crippen molar-refractivity contribution in [2.24, 2.45) is 0 Å². The number of ether oxygens (including phenoxy) is 1. The summed E-state index contributed by atoms with van der Waals surface area (Å²) < 4.78 is 18.3. The van der Waals surface area contributed by atoms with E-state index in [1.54, 1.807) is 0 Å². The van der Waals surface area contributed by atoms with Gasteiger partial charge >= 0.3 is 11.7 Å². The molecule has 7 nitrogen and oxygen atoms in total. The zero-order chi connectivity index (χ0) is 15.4. The molecule has 0 fully saturated rings. The average molecular weight is 292 g/mol. The summed E-state index contributed by atoms with van der Waals surface area (Å²) in [5, 5.41) is 19.6. The SMILES string of the molecule is O=C(O)c1cc(COc2cc(F)ccc2[N+](=O)[O-])ccn1. The van der Waals surface area contributed by atoms with Gasteiger partial charge in [-0.2, -0.15) is 0 Å². The van der Waals surface area contributed by atoms with Crippen LogP contribution in [-0.2, 0) is 6.61 Å². The predicted molar refractivity (Wildman–Crippen MR) is 68.6 cm³/mol. The van der Waals surface area contributed by atoms with Crippen LogP contribution in [-0.4, -0.2) is 21.0 Å². The van der Waals surface area contributed by atoms with Gasteiger partial charge in [-0.25, -0.2) is 14.2 Å². The fourth-order valence-corrected chi connectivity index (χ4v) is 1.60. The third kappa shape index (κ3) is 3.50. The lowest BCUT2D eigenvalue weighted by Gasteiger charge is -2.07. The molecule has 0 radical (unpaired) electrons. The molecule has 2 rings (SSSR count). The largest absolute Gasteiger partial charge is 0.482 e. The number of aromatic carboxylic acids is 1. The van der Waals surface area contributed by atoms with E-state index < -0.39 is 16.7 Å². The number of benzene rings is 1. The highest BCUT2D eigenvalue weighted by molar-refractivity contribution is 5.85. The first kappa shape index (κ1) is 14.4. The number of nitro groups is 1. The van der Waals surface area contributed by atoms with Crippen LogP contribution in [0.3, 0.4) is 0 Å². The van der Waals surface area contributed by atoms with E-state index in [2.05, 4.69) is 4.98 Å². The van der Waals surface area contributed by atoms with Crippen molar-refractivity contribution in [2.45, 2.75) is 6.61 Å². The van der Waals surface area contributed by atoms with Crippen LogP contribution >= 0.6 is 0 Å². The molecule has 0 bridgehead atoms. The van der Waals surface area contributed by atoms with Crippen molar-refractivity contribution >= 4 is 11.7 Å². The smallest absolute Gasteiger partial charge is 0.354 e. The number of rotatable bonds is 5. The van der Waals surface area contributed by atoms with Gasteiger partial charge in [-0.1, -0.05) is 0 Å². The fraction of sp³-hybridized carbons (Fsp3) is 0.0769. The van der Waals surface area contributed by atoms with Crippen molar-refractivity contribution in [3.8, 4) is 5.75 Å². The van der Waals surface area contributed by atoms with Gasteiger partial charge in [0.25, 0.3) is 0 Å². The molecule has 0 spiro atoms. The zero-order valence-corrected chi connectivity index (χ0v) is 10.5. The summed E-state index contributed by atoms with van der Waals surface area (Å²) in [4.78, 5) is 24.5. The topological polar surface area (TPSA) is 103 Å². The number of carboxylic acids is 1. The summed E-state index contributed by atoms with van der Waals surface area (Å²) in [6, 6.07) is 5.63. The Kier molecular flexibility index (Phi) is 4.07. The van der Waals surface area contributed by atoms with Crippen LogP contribution in [0.15, 0.2) is 36.5 Å². The molecule has 1 heterocycles. The minimum Gasteiger partial charge on any atom is -0.482 e. The maximum atomic E-state index is 13.1. The molecule has 0 aliphatic rings. The Bertz CT molecular complexity index is 705. The highest BCUT2D eigenvalue weighted by Crippen LogP contribution is 2.28. The summed E-state index contributed by atoms with van der Waals surface area (Å²) >= 11 is 0. The number of carbonyl (C=O) groups is 1. The standard InChI is InChI=1S/C13H9FN2O5/c14-9-1-2-11(16(19)20)12(6-9)21-7-8-3-4-15-10(5-8)13(17)18/h1-6H,7H2,(H,17,18). The molecule has 108 valence electrons. The molecule has 0 amide bonds. The summed E-state index contributed by atoms with van der Waals surface area (Å²) in [6.45, 7) is -0.146. The number of hydrogen-bond acceptors (Lipinski definition) is 5. The van der Waals surface area contributed by atoms with E-state index >= 15 is 0 Å². The Morgan fingerprint density at radius 2 is 2.14 bits per heavy atom. The van der Waals surface area contributed by atoms with Crippen LogP contribution in [0, 0.1) is 15.9 Å². The van der Waals surface area contributed by atoms with Crippen molar-refractivity contribution in [1.82, 2.24) is 4.98 Å². The van der Waals surface area contributed by atoms with Gasteiger partial charge in [0.15, 0.2) is 5.75 Å². The molecular weight excluding hydrogens is 283 g/mol. The maximum absolute atomic E-state index is 13.1. The van der Waals surface area contributed by atoms with Crippen LogP contribution < -0.4 is 4.74 Å². The highest BCUT2D eigenvalue weighted by atomic mass is 19.1. The molecule has 1 aromatic heterocycles. The molecule has 1 N–H and O–H groups in total. The Balaban J connectivity index is 2.20. The molecule has 0 unspecified atom stereocenters. The van der Waals surface area contributed by atoms with Crippen molar-refractivity contribution in [1.29, 1.82) is 0 Å². The second-order valence-corrected chi connectivity index (χ2v) is 4.01. The third-order valence-electron chi connectivity index (χ3n) is 2.56. The number of halogens is 1. The van der Waals surface area contributed by atoms with Gasteiger partial charge in [-0.15, -0.1) is 0 Å². The number of pyridine rings is 1. The normalized spacial score (nSPS) is 10.1. The molecule has 0 saturated heterocycles. The second kappa shape index (κ2) is 5.95. The molecule has 0 saturated carbocycles. The van der Waals surface area contributed by atoms with E-state index in [1.165, 1.54) is 18.3 Å². The lowest BCUT2D eigenvalue weighted by atomic mass is 10.2. The van der Waals surface area contributed by atoms with Gasteiger partial charge in [-0.05, 0) is 23.8 Å². The first-order chi connectivity index (χ1) is 9.97. The van der Waals surface area contributed by atoms with E-state index in [4.69, 9.17) is 9.84 Å². The molecule has 0 aliphatic heterocycles. The summed E-state index contributed by atoms with van der Waals surface area (Å²) in [7, 11) is 0. The van der Waals surface area contributed by atoms with Crippen molar-refractivity contribution in [3.63, 3.8) is 0 Å². The zero-order valence-electron chi connectivity index (χ0n) is 10.5. The molecular formula is C13H9FN2O5. The minimum atomic E-state index is -1.20. The van der Waals surface area contributed by atoms with E-state index in [1.807, 2.05) is 0 Å². The highest BCUT2D eigenvalue weighted by Gasteiger charge is 2.16. The van der Waals surface area contributed by atoms with Crippen molar-refractivity contribution < 1.29 is 24.0 Å². The van der Waals surface area contributed by atoms with Crippen LogP contribution in [0.1, 0.15) is 16.1 Å². The van der Waals surface area contributed by atoms with Crippen molar-refractivity contribution in [3.05, 3.63) is 63.7 Å². The number of carboxylic acid groups (broad SMARTS) is 1. The van der Waals surface area contributed by atoms with Crippen LogP contribution in [0.25, 0.3) is 0 Å². The molecule has 0 aliphatic carbocycles. The summed E-state index contributed by atoms with van der Waals surface area (Å²) in [6.07, 6.45) is 1.28. The van der Waals surface area contributed by atoms with E-state index in [0.29, 0.717) is 5.56 Å². The van der Waals surface area contributed by atoms with Gasteiger partial charge in [-0.3, -0.25) is 10.1 Å². The third-order valence-corrected chi connectivity index (χ3v) is 2.56. The van der Waals surface area contributed by atoms with E-state index in [-0.39, 0.29) is 23.7 Å². The Morgan fingerprint density at radius 3 is 2.81 bits per heavy atom. The van der Waals surface area contributed by atoms with Crippen LogP contribution in [0.5, 0.6) is 5.75 Å². The first-order valence-corrected chi connectivity index (χ1v) is 5.72. The van der Waals surface area contributed by atoms with E-state index in [9.17, 15) is 19.3 Å². The number of hydrogen-bond donors (Lipinski definition) is 1. The van der Waals surface area contributed by atoms with Crippen LogP contribution in [0.2, 0.25) is 0 Å². The van der Waals surface area contributed by atoms with Crippen molar-refractivity contribution in [2.75, 3.05) is 0 Å². The monoisotopic (exact) mass is 292 g/mol. The Labute approximate surface area is 117 Å². The van der Waals surface area contributed by atoms with Gasteiger partial charge in [0, 0.05) is 18.3 Å².